The molecule has 0 spiro atoms. The number of quaternary nitrogens is 1. The third kappa shape index (κ3) is 3.17. The number of hydrogen-bond acceptors (Lipinski definition) is 3. The van der Waals surface area contributed by atoms with E-state index in [1.54, 1.807) is 13.8 Å². The van der Waals surface area contributed by atoms with E-state index in [0.717, 1.165) is 12.8 Å². The fourth-order valence-electron chi connectivity index (χ4n) is 2.79. The van der Waals surface area contributed by atoms with Crippen LogP contribution in [0.1, 0.15) is 46.5 Å². The molecule has 1 saturated heterocycles. The van der Waals surface area contributed by atoms with Crippen LogP contribution in [-0.2, 0) is 4.79 Å². The summed E-state index contributed by atoms with van der Waals surface area (Å²) < 4.78 is 13.3. The summed E-state index contributed by atoms with van der Waals surface area (Å²) in [5, 5.41) is 2.77. The van der Waals surface area contributed by atoms with Crippen molar-refractivity contribution in [1.82, 2.24) is 5.32 Å². The van der Waals surface area contributed by atoms with Gasteiger partial charge in [-0.15, -0.1) is 0 Å². The predicted molar refractivity (Wildman–Crippen MR) is 75.7 cm³/mol. The third-order valence-electron chi connectivity index (χ3n) is 4.15. The Morgan fingerprint density at radius 3 is 2.55 bits per heavy atom. The topological polar surface area (TPSA) is 72.2 Å². The van der Waals surface area contributed by atoms with Gasteiger partial charge in [-0.25, -0.2) is 14.0 Å². The van der Waals surface area contributed by atoms with Crippen LogP contribution in [0.15, 0.2) is 0 Å². The van der Waals surface area contributed by atoms with Crippen molar-refractivity contribution in [1.29, 1.82) is 0 Å². The Balaban J connectivity index is 2.96. The molecule has 1 heterocycles. The van der Waals surface area contributed by atoms with Gasteiger partial charge in [0.05, 0.1) is 0 Å². The zero-order valence-corrected chi connectivity index (χ0v) is 12.7. The molecule has 1 aliphatic heterocycles. The van der Waals surface area contributed by atoms with Gasteiger partial charge in [-0.3, -0.25) is 0 Å². The summed E-state index contributed by atoms with van der Waals surface area (Å²) in [5.41, 5.74) is 5.81. The maximum atomic E-state index is 13.8. The zero-order chi connectivity index (χ0) is 15.3. The molecule has 3 N–H and O–H groups in total. The molecule has 116 valence electrons. The van der Waals surface area contributed by atoms with Crippen molar-refractivity contribution >= 4 is 11.9 Å². The van der Waals surface area contributed by atoms with Gasteiger partial charge in [0, 0.05) is 13.0 Å². The van der Waals surface area contributed by atoms with Crippen LogP contribution in [0, 0.1) is 0 Å². The van der Waals surface area contributed by atoms with Gasteiger partial charge in [-0.05, 0) is 19.8 Å². The minimum absolute atomic E-state index is 0.0916. The first kappa shape index (κ1) is 17.0. The van der Waals surface area contributed by atoms with Gasteiger partial charge in [-0.1, -0.05) is 20.3 Å². The minimum Gasteiger partial charge on any atom is -0.316 e. The lowest BCUT2D eigenvalue weighted by atomic mass is 10.1. The number of rotatable bonds is 5. The predicted octanol–water partition coefficient (Wildman–Crippen LogP) is 1.71. The summed E-state index contributed by atoms with van der Waals surface area (Å²) in [5.74, 6) is -0.367. The van der Waals surface area contributed by atoms with Gasteiger partial charge >= 0.3 is 11.9 Å². The number of halogens is 1. The summed E-state index contributed by atoms with van der Waals surface area (Å²) in [6.45, 7) is 5.98. The molecular formula is C14H27FN3O2+. The lowest BCUT2D eigenvalue weighted by Gasteiger charge is -2.34. The number of urea groups is 1. The fraction of sp³-hybridized carbons (Fsp3) is 0.857. The number of hydrogen-bond donors (Lipinski definition) is 2. The first-order valence-electron chi connectivity index (χ1n) is 7.50. The van der Waals surface area contributed by atoms with Crippen LogP contribution in [0.25, 0.3) is 0 Å². The number of likely N-dealkylation sites (tertiary alicyclic amines) is 1. The molecule has 3 amide bonds. The Hall–Kier alpha value is -1.01. The largest absolute Gasteiger partial charge is 0.424 e. The first-order valence-corrected chi connectivity index (χ1v) is 7.50. The molecule has 6 heteroatoms. The smallest absolute Gasteiger partial charge is 0.316 e. The Bertz CT molecular complexity index is 364. The fourth-order valence-corrected chi connectivity index (χ4v) is 2.79. The molecule has 1 rings (SSSR count). The normalized spacial score (nSPS) is 31.1. The first-order chi connectivity index (χ1) is 9.40. The molecule has 0 aliphatic carbocycles. The molecule has 0 saturated carbocycles. The molecular weight excluding hydrogens is 261 g/mol. The van der Waals surface area contributed by atoms with Crippen molar-refractivity contribution in [3.05, 3.63) is 0 Å². The number of carbonyl (C=O) groups is 2. The Morgan fingerprint density at radius 1 is 1.45 bits per heavy atom. The van der Waals surface area contributed by atoms with Crippen LogP contribution in [-0.4, -0.2) is 47.8 Å². The molecule has 0 bridgehead atoms. The molecule has 20 heavy (non-hydrogen) atoms. The SMILES string of the molecule is CCCCNC(=O)[N+]1(C(=O)[C@@H](N)CC)C[C@@H](F)CC1C. The van der Waals surface area contributed by atoms with Gasteiger partial charge in [0.2, 0.25) is 0 Å². The maximum Gasteiger partial charge on any atom is 0.424 e. The van der Waals surface area contributed by atoms with Gasteiger partial charge in [0.25, 0.3) is 0 Å². The lowest BCUT2D eigenvalue weighted by Crippen LogP contribution is -2.66. The molecule has 2 unspecified atom stereocenters. The van der Waals surface area contributed by atoms with Crippen molar-refractivity contribution in [2.24, 2.45) is 5.73 Å². The number of carbonyl (C=O) groups excluding carboxylic acids is 2. The van der Waals surface area contributed by atoms with E-state index in [-0.39, 0.29) is 24.9 Å². The van der Waals surface area contributed by atoms with Gasteiger partial charge in [0.15, 0.2) is 6.17 Å². The molecule has 0 aromatic rings. The monoisotopic (exact) mass is 288 g/mol. The number of nitrogens with two attached hydrogens (primary N) is 1. The number of nitrogens with zero attached hydrogens (tertiary/aromatic N) is 1. The Kier molecular flexibility index (Phi) is 6.07. The van der Waals surface area contributed by atoms with Crippen molar-refractivity contribution in [3.8, 4) is 0 Å². The van der Waals surface area contributed by atoms with Crippen LogP contribution < -0.4 is 11.1 Å². The maximum absolute atomic E-state index is 13.8. The van der Waals surface area contributed by atoms with E-state index < -0.39 is 22.7 Å². The van der Waals surface area contributed by atoms with Crippen molar-refractivity contribution in [3.63, 3.8) is 0 Å². The van der Waals surface area contributed by atoms with Crippen molar-refractivity contribution < 1.29 is 18.5 Å². The number of alkyl halides is 1. The van der Waals surface area contributed by atoms with Gasteiger partial charge < -0.3 is 11.1 Å². The second-order valence-electron chi connectivity index (χ2n) is 5.67. The number of nitrogens with one attached hydrogen (secondary N) is 1. The second kappa shape index (κ2) is 7.13. The minimum atomic E-state index is -1.13. The quantitative estimate of drug-likeness (QED) is 0.597. The number of amides is 3. The van der Waals surface area contributed by atoms with Crippen LogP contribution >= 0.6 is 0 Å². The summed E-state index contributed by atoms with van der Waals surface area (Å²) in [6, 6.07) is -1.49. The molecule has 0 aromatic carbocycles. The van der Waals surface area contributed by atoms with E-state index in [1.807, 2.05) is 6.92 Å². The molecule has 1 fully saturated rings. The van der Waals surface area contributed by atoms with E-state index >= 15 is 0 Å². The van der Waals surface area contributed by atoms with E-state index in [0.29, 0.717) is 13.0 Å². The van der Waals surface area contributed by atoms with E-state index in [2.05, 4.69) is 5.32 Å². The van der Waals surface area contributed by atoms with Crippen LogP contribution in [0.3, 0.4) is 0 Å². The molecule has 1 aliphatic rings. The zero-order valence-electron chi connectivity index (χ0n) is 12.7. The summed E-state index contributed by atoms with van der Waals surface area (Å²) >= 11 is 0. The lowest BCUT2D eigenvalue weighted by molar-refractivity contribution is -0.786. The summed E-state index contributed by atoms with van der Waals surface area (Å²) in [4.78, 5) is 25.0. The van der Waals surface area contributed by atoms with Crippen LogP contribution in [0.5, 0.6) is 0 Å². The van der Waals surface area contributed by atoms with E-state index in [9.17, 15) is 14.0 Å². The molecule has 0 radical (unpaired) electrons. The average molecular weight is 288 g/mol. The standard InChI is InChI=1S/C14H26FN3O2/c1-4-6-7-17-14(20)18(13(19)12(16)5-2)9-11(15)8-10(18)3/h10-12H,4-9,16H2,1-3H3/p+1/t10?,11-,12-,18?/m0/s1. The van der Waals surface area contributed by atoms with Crippen molar-refractivity contribution in [2.75, 3.05) is 13.1 Å². The van der Waals surface area contributed by atoms with E-state index in [1.165, 1.54) is 0 Å². The highest BCUT2D eigenvalue weighted by atomic mass is 19.1. The molecule has 0 aromatic heterocycles. The molecule has 4 atom stereocenters. The number of imide groups is 1. The van der Waals surface area contributed by atoms with Crippen LogP contribution in [0.4, 0.5) is 9.18 Å². The van der Waals surface area contributed by atoms with E-state index in [4.69, 9.17) is 5.73 Å². The third-order valence-corrected chi connectivity index (χ3v) is 4.15. The van der Waals surface area contributed by atoms with Crippen molar-refractivity contribution in [2.45, 2.75) is 64.7 Å². The molecule has 5 nitrogen and oxygen atoms in total. The Morgan fingerprint density at radius 2 is 2.10 bits per heavy atom. The summed E-state index contributed by atoms with van der Waals surface area (Å²) in [6.07, 6.45) is 1.33. The number of unbranched alkanes of at least 4 members (excludes halogenated alkanes) is 1. The highest BCUT2D eigenvalue weighted by molar-refractivity contribution is 5.87. The second-order valence-corrected chi connectivity index (χ2v) is 5.67. The van der Waals surface area contributed by atoms with Gasteiger partial charge in [-0.2, -0.15) is 4.48 Å². The average Bonchev–Trinajstić information content (AvgIpc) is 2.73. The Labute approximate surface area is 120 Å². The highest BCUT2D eigenvalue weighted by Gasteiger charge is 2.57. The summed E-state index contributed by atoms with van der Waals surface area (Å²) in [7, 11) is 0. The van der Waals surface area contributed by atoms with Crippen LogP contribution in [0.2, 0.25) is 0 Å². The van der Waals surface area contributed by atoms with Gasteiger partial charge in [0.1, 0.15) is 18.6 Å². The highest BCUT2D eigenvalue weighted by Crippen LogP contribution is 2.31.